The van der Waals surface area contributed by atoms with E-state index in [0.29, 0.717) is 18.3 Å². The molecule has 1 aromatic carbocycles. The van der Waals surface area contributed by atoms with Gasteiger partial charge < -0.3 is 10.6 Å². The fourth-order valence-electron chi connectivity index (χ4n) is 3.61. The van der Waals surface area contributed by atoms with Gasteiger partial charge in [0.15, 0.2) is 0 Å². The third-order valence-corrected chi connectivity index (χ3v) is 5.21. The summed E-state index contributed by atoms with van der Waals surface area (Å²) in [5.41, 5.74) is 2.10. The molecule has 142 valence electrons. The monoisotopic (exact) mass is 376 g/mol. The summed E-state index contributed by atoms with van der Waals surface area (Å²) in [4.78, 5) is 12.4. The van der Waals surface area contributed by atoms with Gasteiger partial charge in [0.1, 0.15) is 0 Å². The van der Waals surface area contributed by atoms with Gasteiger partial charge in [-0.1, -0.05) is 19.1 Å². The van der Waals surface area contributed by atoms with Crippen LogP contribution in [0.25, 0.3) is 5.69 Å². The van der Waals surface area contributed by atoms with Gasteiger partial charge in [-0.2, -0.15) is 5.10 Å². The Balaban J connectivity index is 0.00000243. The van der Waals surface area contributed by atoms with Crippen LogP contribution in [-0.2, 0) is 4.79 Å². The summed E-state index contributed by atoms with van der Waals surface area (Å²) >= 11 is 0. The van der Waals surface area contributed by atoms with Crippen molar-refractivity contribution in [1.82, 2.24) is 20.4 Å². The first-order valence-corrected chi connectivity index (χ1v) is 9.23. The minimum Gasteiger partial charge on any atom is -0.350 e. The fourth-order valence-corrected chi connectivity index (χ4v) is 3.61. The van der Waals surface area contributed by atoms with E-state index in [-0.39, 0.29) is 24.4 Å². The standard InChI is InChI=1S/C20H28N4O.ClH/c1-15(17-7-10-21-11-8-17)13-20(25)23-16(2)18-5-3-6-19(14-18)24-12-4-9-22-24;/h3-6,9,12,14-17,21H,7-8,10-11,13H2,1-2H3,(H,23,25);1H. The zero-order chi connectivity index (χ0) is 17.6. The largest absolute Gasteiger partial charge is 0.350 e. The van der Waals surface area contributed by atoms with Crippen molar-refractivity contribution in [2.45, 2.75) is 39.2 Å². The summed E-state index contributed by atoms with van der Waals surface area (Å²) in [5.74, 6) is 1.23. The number of aromatic nitrogens is 2. The van der Waals surface area contributed by atoms with Crippen molar-refractivity contribution in [2.24, 2.45) is 11.8 Å². The van der Waals surface area contributed by atoms with Crippen molar-refractivity contribution < 1.29 is 4.79 Å². The van der Waals surface area contributed by atoms with E-state index >= 15 is 0 Å². The molecule has 0 bridgehead atoms. The second-order valence-electron chi connectivity index (χ2n) is 7.10. The van der Waals surface area contributed by atoms with E-state index in [1.165, 1.54) is 12.8 Å². The Bertz CT molecular complexity index is 683. The van der Waals surface area contributed by atoms with Crippen LogP contribution in [0.2, 0.25) is 0 Å². The Kier molecular flexibility index (Phi) is 7.66. The number of amides is 1. The number of hydrogen-bond acceptors (Lipinski definition) is 3. The average molecular weight is 377 g/mol. The summed E-state index contributed by atoms with van der Waals surface area (Å²) in [5, 5.41) is 10.8. The summed E-state index contributed by atoms with van der Waals surface area (Å²) in [7, 11) is 0. The molecule has 2 unspecified atom stereocenters. The first kappa shape index (κ1) is 20.5. The third kappa shape index (κ3) is 5.32. The van der Waals surface area contributed by atoms with Gasteiger partial charge in [0.25, 0.3) is 0 Å². The number of carbonyl (C=O) groups excluding carboxylic acids is 1. The van der Waals surface area contributed by atoms with Crippen LogP contribution in [0.4, 0.5) is 0 Å². The highest BCUT2D eigenvalue weighted by Gasteiger charge is 2.22. The lowest BCUT2D eigenvalue weighted by Crippen LogP contribution is -2.34. The zero-order valence-corrected chi connectivity index (χ0v) is 16.3. The minimum atomic E-state index is -0.0109. The predicted octanol–water partition coefficient (Wildman–Crippen LogP) is 3.50. The number of carbonyl (C=O) groups is 1. The van der Waals surface area contributed by atoms with E-state index in [1.54, 1.807) is 6.20 Å². The molecule has 0 saturated carbocycles. The Morgan fingerprint density at radius 2 is 2.08 bits per heavy atom. The van der Waals surface area contributed by atoms with Crippen LogP contribution in [0.3, 0.4) is 0 Å². The topological polar surface area (TPSA) is 59.0 Å². The lowest BCUT2D eigenvalue weighted by Gasteiger charge is -2.28. The van der Waals surface area contributed by atoms with Crippen molar-refractivity contribution in [3.05, 3.63) is 48.3 Å². The van der Waals surface area contributed by atoms with Crippen LogP contribution in [0.1, 0.15) is 44.7 Å². The molecule has 2 aromatic rings. The summed E-state index contributed by atoms with van der Waals surface area (Å²) in [6, 6.07) is 10.0. The lowest BCUT2D eigenvalue weighted by atomic mass is 9.84. The van der Waals surface area contributed by atoms with Crippen molar-refractivity contribution >= 4 is 18.3 Å². The number of halogens is 1. The number of nitrogens with zero attached hydrogens (tertiary/aromatic N) is 2. The summed E-state index contributed by atoms with van der Waals surface area (Å²) in [6.45, 7) is 6.40. The number of nitrogens with one attached hydrogen (secondary N) is 2. The molecular formula is C20H29ClN4O. The molecule has 2 heterocycles. The molecule has 5 nitrogen and oxygen atoms in total. The summed E-state index contributed by atoms with van der Waals surface area (Å²) < 4.78 is 1.83. The van der Waals surface area contributed by atoms with Gasteiger partial charge in [0.2, 0.25) is 5.91 Å². The van der Waals surface area contributed by atoms with Gasteiger partial charge in [-0.05, 0) is 68.5 Å². The van der Waals surface area contributed by atoms with Crippen LogP contribution in [0.15, 0.2) is 42.7 Å². The summed E-state index contributed by atoms with van der Waals surface area (Å²) in [6.07, 6.45) is 6.64. The van der Waals surface area contributed by atoms with Crippen LogP contribution in [0, 0.1) is 11.8 Å². The van der Waals surface area contributed by atoms with Crippen LogP contribution < -0.4 is 10.6 Å². The van der Waals surface area contributed by atoms with E-state index in [1.807, 2.05) is 42.1 Å². The quantitative estimate of drug-likeness (QED) is 0.811. The first-order chi connectivity index (χ1) is 12.1. The lowest BCUT2D eigenvalue weighted by molar-refractivity contribution is -0.123. The van der Waals surface area contributed by atoms with Crippen molar-refractivity contribution in [3.8, 4) is 5.69 Å². The maximum atomic E-state index is 12.4. The molecule has 0 aliphatic carbocycles. The Labute approximate surface area is 162 Å². The zero-order valence-electron chi connectivity index (χ0n) is 15.5. The molecule has 1 amide bonds. The van der Waals surface area contributed by atoms with Crippen molar-refractivity contribution in [1.29, 1.82) is 0 Å². The van der Waals surface area contributed by atoms with Crippen LogP contribution in [0.5, 0.6) is 0 Å². The number of hydrogen-bond donors (Lipinski definition) is 2. The van der Waals surface area contributed by atoms with E-state index in [0.717, 1.165) is 24.3 Å². The smallest absolute Gasteiger partial charge is 0.220 e. The van der Waals surface area contributed by atoms with Gasteiger partial charge in [-0.25, -0.2) is 4.68 Å². The van der Waals surface area contributed by atoms with E-state index < -0.39 is 0 Å². The van der Waals surface area contributed by atoms with Gasteiger partial charge in [0, 0.05) is 18.8 Å². The molecule has 0 spiro atoms. The fraction of sp³-hybridized carbons (Fsp3) is 0.500. The molecule has 1 fully saturated rings. The Morgan fingerprint density at radius 1 is 1.31 bits per heavy atom. The average Bonchev–Trinajstić information content (AvgIpc) is 3.17. The normalized spacial score (nSPS) is 17.2. The molecule has 2 N–H and O–H groups in total. The highest BCUT2D eigenvalue weighted by atomic mass is 35.5. The van der Waals surface area contributed by atoms with Crippen molar-refractivity contribution in [2.75, 3.05) is 13.1 Å². The van der Waals surface area contributed by atoms with E-state index in [4.69, 9.17) is 0 Å². The highest BCUT2D eigenvalue weighted by molar-refractivity contribution is 5.85. The molecule has 3 rings (SSSR count). The molecular weight excluding hydrogens is 348 g/mol. The maximum Gasteiger partial charge on any atom is 0.220 e. The predicted molar refractivity (Wildman–Crippen MR) is 107 cm³/mol. The van der Waals surface area contributed by atoms with Crippen LogP contribution >= 0.6 is 12.4 Å². The number of rotatable bonds is 6. The van der Waals surface area contributed by atoms with E-state index in [2.05, 4.69) is 28.7 Å². The van der Waals surface area contributed by atoms with Crippen molar-refractivity contribution in [3.63, 3.8) is 0 Å². The molecule has 1 aliphatic rings. The molecule has 1 aromatic heterocycles. The third-order valence-electron chi connectivity index (χ3n) is 5.21. The number of piperidine rings is 1. The first-order valence-electron chi connectivity index (χ1n) is 9.23. The molecule has 0 radical (unpaired) electrons. The molecule has 1 aliphatic heterocycles. The van der Waals surface area contributed by atoms with Crippen LogP contribution in [-0.4, -0.2) is 28.8 Å². The Morgan fingerprint density at radius 3 is 2.77 bits per heavy atom. The molecule has 6 heteroatoms. The maximum absolute atomic E-state index is 12.4. The van der Waals surface area contributed by atoms with Gasteiger partial charge in [0.05, 0.1) is 11.7 Å². The Hall–Kier alpha value is -1.85. The SMILES string of the molecule is CC(NC(=O)CC(C)C1CCNCC1)c1cccc(-n2cccn2)c1.Cl. The van der Waals surface area contributed by atoms with Gasteiger partial charge in [-0.3, -0.25) is 4.79 Å². The second kappa shape index (κ2) is 9.74. The van der Waals surface area contributed by atoms with Gasteiger partial charge in [-0.15, -0.1) is 12.4 Å². The van der Waals surface area contributed by atoms with E-state index in [9.17, 15) is 4.79 Å². The second-order valence-corrected chi connectivity index (χ2v) is 7.10. The van der Waals surface area contributed by atoms with Gasteiger partial charge >= 0.3 is 0 Å². The molecule has 1 saturated heterocycles. The number of benzene rings is 1. The molecule has 2 atom stereocenters. The minimum absolute atomic E-state index is 0. The highest BCUT2D eigenvalue weighted by Crippen LogP contribution is 2.25. The molecule has 26 heavy (non-hydrogen) atoms.